The van der Waals surface area contributed by atoms with Gasteiger partial charge in [0.05, 0.1) is 0 Å². The number of rotatable bonds is 6. The van der Waals surface area contributed by atoms with Crippen LogP contribution in [0.15, 0.2) is 200 Å². The summed E-state index contributed by atoms with van der Waals surface area (Å²) < 4.78 is 5.31. The molecule has 258 valence electrons. The molecule has 11 aromatic rings. The molecule has 3 heteroatoms. The van der Waals surface area contributed by atoms with Gasteiger partial charge in [-0.3, -0.25) is 0 Å². The Labute approximate surface area is 327 Å². The predicted molar refractivity (Wildman–Crippen MR) is 241 cm³/mol. The summed E-state index contributed by atoms with van der Waals surface area (Å²) >= 11 is 3.73. The first-order chi connectivity index (χ1) is 27.2. The van der Waals surface area contributed by atoms with Crippen LogP contribution in [-0.2, 0) is 0 Å². The summed E-state index contributed by atoms with van der Waals surface area (Å²) in [6, 6.07) is 73.5. The van der Waals surface area contributed by atoms with Crippen LogP contribution >= 0.6 is 22.7 Å². The Morgan fingerprint density at radius 2 is 0.709 bits per heavy atom. The molecule has 9 aromatic carbocycles. The SMILES string of the molecule is c1cc(-c2ccc3ccccc3c2)cc(N(c2ccc(-c3ccc4c(c3)sc3ccccc34)cc2)c2ccc(-c3ccc4c(c3)sc3ccccc34)cc2)c1. The van der Waals surface area contributed by atoms with Crippen LogP contribution in [-0.4, -0.2) is 0 Å². The monoisotopic (exact) mass is 735 g/mol. The molecule has 11 rings (SSSR count). The smallest absolute Gasteiger partial charge is 0.0467 e. The Balaban J connectivity index is 0.984. The van der Waals surface area contributed by atoms with E-state index in [0.29, 0.717) is 0 Å². The minimum absolute atomic E-state index is 1.11. The molecule has 0 saturated heterocycles. The first-order valence-electron chi connectivity index (χ1n) is 18.6. The van der Waals surface area contributed by atoms with Crippen LogP contribution in [0, 0.1) is 0 Å². The van der Waals surface area contributed by atoms with Gasteiger partial charge in [0.2, 0.25) is 0 Å². The highest BCUT2D eigenvalue weighted by Crippen LogP contribution is 2.41. The fourth-order valence-electron chi connectivity index (χ4n) is 8.06. The van der Waals surface area contributed by atoms with Crippen LogP contribution in [0.4, 0.5) is 17.1 Å². The summed E-state index contributed by atoms with van der Waals surface area (Å²) in [5.41, 5.74) is 10.6. The number of benzene rings is 9. The molecule has 0 aliphatic heterocycles. The van der Waals surface area contributed by atoms with Gasteiger partial charge in [0.25, 0.3) is 0 Å². The minimum Gasteiger partial charge on any atom is -0.310 e. The summed E-state index contributed by atoms with van der Waals surface area (Å²) in [4.78, 5) is 2.38. The lowest BCUT2D eigenvalue weighted by Crippen LogP contribution is -2.10. The lowest BCUT2D eigenvalue weighted by atomic mass is 10.00. The van der Waals surface area contributed by atoms with Crippen LogP contribution in [0.5, 0.6) is 0 Å². The molecule has 0 unspecified atom stereocenters. The second-order valence-corrected chi connectivity index (χ2v) is 16.3. The fraction of sp³-hybridized carbons (Fsp3) is 0. The molecule has 0 aliphatic carbocycles. The van der Waals surface area contributed by atoms with Gasteiger partial charge < -0.3 is 4.90 Å². The fourth-order valence-corrected chi connectivity index (χ4v) is 10.3. The van der Waals surface area contributed by atoms with E-state index >= 15 is 0 Å². The highest BCUT2D eigenvalue weighted by Gasteiger charge is 2.16. The predicted octanol–water partition coefficient (Wildman–Crippen LogP) is 16.0. The zero-order valence-electron chi connectivity index (χ0n) is 29.8. The maximum Gasteiger partial charge on any atom is 0.0467 e. The van der Waals surface area contributed by atoms with Gasteiger partial charge >= 0.3 is 0 Å². The maximum absolute atomic E-state index is 2.38. The first-order valence-corrected chi connectivity index (χ1v) is 20.3. The number of nitrogens with zero attached hydrogens (tertiary/aromatic N) is 1. The third kappa shape index (κ3) is 5.68. The number of anilines is 3. The summed E-state index contributed by atoms with van der Waals surface area (Å²) in [5.74, 6) is 0. The zero-order valence-corrected chi connectivity index (χ0v) is 31.4. The summed E-state index contributed by atoms with van der Waals surface area (Å²) in [6.45, 7) is 0. The zero-order chi connectivity index (χ0) is 36.3. The van der Waals surface area contributed by atoms with Crippen molar-refractivity contribution in [3.63, 3.8) is 0 Å². The molecule has 2 aromatic heterocycles. The van der Waals surface area contributed by atoms with Gasteiger partial charge in [0.1, 0.15) is 0 Å². The molecule has 0 amide bonds. The first kappa shape index (κ1) is 32.0. The number of fused-ring (bicyclic) bond motifs is 7. The van der Waals surface area contributed by atoms with E-state index < -0.39 is 0 Å². The largest absolute Gasteiger partial charge is 0.310 e. The Bertz CT molecular complexity index is 3050. The van der Waals surface area contributed by atoms with Crippen LogP contribution < -0.4 is 4.90 Å². The van der Waals surface area contributed by atoms with Gasteiger partial charge in [0, 0.05) is 57.4 Å². The van der Waals surface area contributed by atoms with E-state index in [-0.39, 0.29) is 0 Å². The average molecular weight is 736 g/mol. The van der Waals surface area contributed by atoms with Gasteiger partial charge in [-0.05, 0) is 111 Å². The van der Waals surface area contributed by atoms with Crippen molar-refractivity contribution < 1.29 is 0 Å². The summed E-state index contributed by atoms with van der Waals surface area (Å²) in [5, 5.41) is 7.81. The van der Waals surface area contributed by atoms with Crippen molar-refractivity contribution in [3.8, 4) is 33.4 Å². The Morgan fingerprint density at radius 3 is 1.31 bits per heavy atom. The molecule has 0 atom stereocenters. The van der Waals surface area contributed by atoms with Crippen molar-refractivity contribution in [2.75, 3.05) is 4.90 Å². The highest BCUT2D eigenvalue weighted by atomic mass is 32.1. The van der Waals surface area contributed by atoms with Crippen molar-refractivity contribution in [1.29, 1.82) is 0 Å². The van der Waals surface area contributed by atoms with Crippen molar-refractivity contribution in [2.24, 2.45) is 0 Å². The quantitative estimate of drug-likeness (QED) is 0.164. The minimum atomic E-state index is 1.11. The van der Waals surface area contributed by atoms with Gasteiger partial charge in [-0.25, -0.2) is 0 Å². The lowest BCUT2D eigenvalue weighted by molar-refractivity contribution is 1.28. The van der Waals surface area contributed by atoms with Crippen LogP contribution in [0.2, 0.25) is 0 Å². The molecule has 0 saturated carbocycles. The third-order valence-corrected chi connectivity index (χ3v) is 13.1. The number of hydrogen-bond acceptors (Lipinski definition) is 3. The second kappa shape index (κ2) is 13.1. The molecular formula is C52H33NS2. The van der Waals surface area contributed by atoms with Gasteiger partial charge in [-0.1, -0.05) is 133 Å². The van der Waals surface area contributed by atoms with Crippen molar-refractivity contribution in [1.82, 2.24) is 0 Å². The summed E-state index contributed by atoms with van der Waals surface area (Å²) in [7, 11) is 0. The van der Waals surface area contributed by atoms with Crippen LogP contribution in [0.25, 0.3) is 84.5 Å². The average Bonchev–Trinajstić information content (AvgIpc) is 3.82. The Hall–Kier alpha value is -6.52. The Kier molecular flexibility index (Phi) is 7.61. The van der Waals surface area contributed by atoms with Crippen molar-refractivity contribution in [3.05, 3.63) is 200 Å². The number of hydrogen-bond donors (Lipinski definition) is 0. The van der Waals surface area contributed by atoms with Crippen LogP contribution in [0.1, 0.15) is 0 Å². The van der Waals surface area contributed by atoms with E-state index in [2.05, 4.69) is 205 Å². The molecule has 1 nitrogen and oxygen atoms in total. The maximum atomic E-state index is 2.38. The lowest BCUT2D eigenvalue weighted by Gasteiger charge is -2.26. The standard InChI is InChI=1S/C52H33NS2/c1-2-9-37-30-39(17-16-34(37)8-1)38-10-7-11-44(31-38)53(42-24-18-35(19-25-42)40-22-28-47-45-12-3-5-14-49(45)54-51(47)32-40)43-26-20-36(21-27-43)41-23-29-48-46-13-4-6-15-50(46)55-52(48)33-41/h1-33H. The topological polar surface area (TPSA) is 3.24 Å². The van der Waals surface area contributed by atoms with Gasteiger partial charge in [-0.2, -0.15) is 0 Å². The molecule has 55 heavy (non-hydrogen) atoms. The Morgan fingerprint density at radius 1 is 0.255 bits per heavy atom. The molecule has 0 bridgehead atoms. The summed E-state index contributed by atoms with van der Waals surface area (Å²) in [6.07, 6.45) is 0. The van der Waals surface area contributed by atoms with Gasteiger partial charge in [-0.15, -0.1) is 22.7 Å². The van der Waals surface area contributed by atoms with Crippen LogP contribution in [0.3, 0.4) is 0 Å². The number of thiophene rings is 2. The van der Waals surface area contributed by atoms with Crippen molar-refractivity contribution >= 4 is 90.9 Å². The van der Waals surface area contributed by atoms with E-state index in [9.17, 15) is 0 Å². The highest BCUT2D eigenvalue weighted by molar-refractivity contribution is 7.26. The normalized spacial score (nSPS) is 11.6. The van der Waals surface area contributed by atoms with E-state index in [1.807, 2.05) is 22.7 Å². The molecule has 0 N–H and O–H groups in total. The van der Waals surface area contributed by atoms with E-state index in [1.54, 1.807) is 0 Å². The molecule has 0 radical (unpaired) electrons. The van der Waals surface area contributed by atoms with E-state index in [0.717, 1.165) is 17.1 Å². The molecular weight excluding hydrogens is 703 g/mol. The molecule has 0 spiro atoms. The molecule has 0 aliphatic rings. The van der Waals surface area contributed by atoms with E-state index in [1.165, 1.54) is 84.5 Å². The van der Waals surface area contributed by atoms with Gasteiger partial charge in [0.15, 0.2) is 0 Å². The van der Waals surface area contributed by atoms with E-state index in [4.69, 9.17) is 0 Å². The second-order valence-electron chi connectivity index (χ2n) is 14.2. The molecule has 0 fully saturated rings. The molecule has 2 heterocycles. The van der Waals surface area contributed by atoms with Crippen molar-refractivity contribution in [2.45, 2.75) is 0 Å². The third-order valence-electron chi connectivity index (χ3n) is 10.9.